The Balaban J connectivity index is 1.83. The van der Waals surface area contributed by atoms with Crippen molar-refractivity contribution in [2.24, 2.45) is 0 Å². The number of imidazole rings is 1. The Kier molecular flexibility index (Phi) is 4.19. The van der Waals surface area contributed by atoms with Crippen LogP contribution in [-0.4, -0.2) is 20.1 Å². The summed E-state index contributed by atoms with van der Waals surface area (Å²) in [5, 5.41) is 8.19. The molecule has 4 rings (SSSR count). The minimum Gasteiger partial charge on any atom is -0.365 e. The lowest BCUT2D eigenvalue weighted by molar-refractivity contribution is 0.415. The highest BCUT2D eigenvalue weighted by Crippen LogP contribution is 2.33. The van der Waals surface area contributed by atoms with Gasteiger partial charge in [-0.1, -0.05) is 41.0 Å². The Morgan fingerprint density at radius 1 is 1.04 bits per heavy atom. The molecule has 0 saturated carbocycles. The molecule has 4 aromatic rings. The molecule has 0 aliphatic heterocycles. The molecule has 0 bridgehead atoms. The number of benzene rings is 1. The lowest BCUT2D eigenvalue weighted by Gasteiger charge is -2.22. The van der Waals surface area contributed by atoms with E-state index in [2.05, 4.69) is 55.5 Å². The van der Waals surface area contributed by atoms with E-state index in [4.69, 9.17) is 21.1 Å². The summed E-state index contributed by atoms with van der Waals surface area (Å²) < 4.78 is 7.05. The largest absolute Gasteiger partial charge is 0.365 e. The molecular formula is C21H21ClN4O. The van der Waals surface area contributed by atoms with Crippen molar-refractivity contribution in [3.05, 3.63) is 59.6 Å². The number of fused-ring (bicyclic) bond motifs is 1. The van der Waals surface area contributed by atoms with Crippen LogP contribution in [0.1, 0.15) is 26.5 Å². The molecular weight excluding hydrogens is 360 g/mol. The molecule has 5 nitrogen and oxygen atoms in total. The second kappa shape index (κ2) is 6.43. The van der Waals surface area contributed by atoms with Crippen LogP contribution in [0, 0.1) is 6.92 Å². The standard InChI is InChI=1S/C21H21ClN4O/c1-13-17(12-27-25-13)14-5-7-15(8-6-14)19-20(24-21(2,3)4)26-11-16(22)9-10-18(26)23-19/h5-12,24H,1-4H3. The van der Waals surface area contributed by atoms with E-state index in [0.717, 1.165) is 39.5 Å². The van der Waals surface area contributed by atoms with Crippen molar-refractivity contribution < 1.29 is 4.52 Å². The Morgan fingerprint density at radius 2 is 1.74 bits per heavy atom. The summed E-state index contributed by atoms with van der Waals surface area (Å²) in [6.07, 6.45) is 3.56. The van der Waals surface area contributed by atoms with Crippen molar-refractivity contribution in [3.8, 4) is 22.4 Å². The van der Waals surface area contributed by atoms with Crippen LogP contribution < -0.4 is 5.32 Å². The number of hydrogen-bond donors (Lipinski definition) is 1. The smallest absolute Gasteiger partial charge is 0.139 e. The van der Waals surface area contributed by atoms with Gasteiger partial charge >= 0.3 is 0 Å². The van der Waals surface area contributed by atoms with E-state index >= 15 is 0 Å². The summed E-state index contributed by atoms with van der Waals surface area (Å²) in [5.41, 5.74) is 5.58. The van der Waals surface area contributed by atoms with Crippen molar-refractivity contribution in [1.29, 1.82) is 0 Å². The van der Waals surface area contributed by atoms with Gasteiger partial charge in [-0.3, -0.25) is 4.40 Å². The third-order valence-electron chi connectivity index (χ3n) is 4.30. The van der Waals surface area contributed by atoms with Crippen LogP contribution in [0.4, 0.5) is 5.82 Å². The first-order valence-corrected chi connectivity index (χ1v) is 9.17. The zero-order valence-electron chi connectivity index (χ0n) is 15.7. The van der Waals surface area contributed by atoms with Crippen LogP contribution in [0.5, 0.6) is 0 Å². The third-order valence-corrected chi connectivity index (χ3v) is 4.52. The van der Waals surface area contributed by atoms with E-state index in [1.54, 1.807) is 6.26 Å². The van der Waals surface area contributed by atoms with E-state index in [1.807, 2.05) is 29.7 Å². The molecule has 6 heteroatoms. The molecule has 0 spiro atoms. The molecule has 27 heavy (non-hydrogen) atoms. The maximum atomic E-state index is 6.22. The molecule has 3 heterocycles. The number of aryl methyl sites for hydroxylation is 1. The van der Waals surface area contributed by atoms with Gasteiger partial charge in [0.15, 0.2) is 0 Å². The van der Waals surface area contributed by atoms with Crippen molar-refractivity contribution >= 4 is 23.1 Å². The molecule has 1 N–H and O–H groups in total. The van der Waals surface area contributed by atoms with E-state index in [-0.39, 0.29) is 5.54 Å². The molecule has 3 aromatic heterocycles. The fraction of sp³-hybridized carbons (Fsp3) is 0.238. The maximum absolute atomic E-state index is 6.22. The molecule has 1 aromatic carbocycles. The van der Waals surface area contributed by atoms with Gasteiger partial charge in [-0.05, 0) is 45.4 Å². The molecule has 138 valence electrons. The van der Waals surface area contributed by atoms with Gasteiger partial charge in [-0.15, -0.1) is 0 Å². The number of pyridine rings is 1. The molecule has 0 amide bonds. The Bertz CT molecular complexity index is 1100. The number of anilines is 1. The third kappa shape index (κ3) is 3.43. The van der Waals surface area contributed by atoms with E-state index in [1.165, 1.54) is 0 Å². The minimum absolute atomic E-state index is 0.119. The van der Waals surface area contributed by atoms with Gasteiger partial charge in [0, 0.05) is 22.9 Å². The molecule has 0 fully saturated rings. The number of hydrogen-bond acceptors (Lipinski definition) is 4. The van der Waals surface area contributed by atoms with E-state index in [0.29, 0.717) is 5.02 Å². The zero-order valence-corrected chi connectivity index (χ0v) is 16.5. The van der Waals surface area contributed by atoms with Gasteiger partial charge in [0.05, 0.1) is 10.7 Å². The molecule has 0 unspecified atom stereocenters. The van der Waals surface area contributed by atoms with Crippen molar-refractivity contribution in [2.45, 2.75) is 33.2 Å². The predicted octanol–water partition coefficient (Wildman–Crippen LogP) is 5.83. The van der Waals surface area contributed by atoms with Crippen LogP contribution in [-0.2, 0) is 0 Å². The number of aromatic nitrogens is 3. The van der Waals surface area contributed by atoms with Crippen LogP contribution >= 0.6 is 11.6 Å². The average Bonchev–Trinajstić information content (AvgIpc) is 3.18. The second-order valence-electron chi connectivity index (χ2n) is 7.65. The monoisotopic (exact) mass is 380 g/mol. The van der Waals surface area contributed by atoms with Gasteiger partial charge in [-0.2, -0.15) is 0 Å². The SMILES string of the molecule is Cc1nocc1-c1ccc(-c2nc3ccc(Cl)cn3c2NC(C)(C)C)cc1. The van der Waals surface area contributed by atoms with Crippen molar-refractivity contribution in [1.82, 2.24) is 14.5 Å². The first-order chi connectivity index (χ1) is 12.8. The summed E-state index contributed by atoms with van der Waals surface area (Å²) in [7, 11) is 0. The molecule has 0 saturated heterocycles. The minimum atomic E-state index is -0.119. The Labute approximate surface area is 163 Å². The number of halogens is 1. The maximum Gasteiger partial charge on any atom is 0.139 e. The highest BCUT2D eigenvalue weighted by atomic mass is 35.5. The first-order valence-electron chi connectivity index (χ1n) is 8.79. The summed E-state index contributed by atoms with van der Waals surface area (Å²) in [6, 6.07) is 12.0. The normalized spacial score (nSPS) is 11.9. The first kappa shape index (κ1) is 17.6. The highest BCUT2D eigenvalue weighted by molar-refractivity contribution is 6.30. The number of rotatable bonds is 3. The average molecular weight is 381 g/mol. The van der Waals surface area contributed by atoms with Gasteiger partial charge in [-0.25, -0.2) is 4.98 Å². The number of nitrogens with one attached hydrogen (secondary N) is 1. The molecule has 0 aliphatic carbocycles. The van der Waals surface area contributed by atoms with Crippen LogP contribution in [0.3, 0.4) is 0 Å². The van der Waals surface area contributed by atoms with E-state index < -0.39 is 0 Å². The molecule has 0 radical (unpaired) electrons. The van der Waals surface area contributed by atoms with Gasteiger partial charge in [0.1, 0.15) is 23.4 Å². The van der Waals surface area contributed by atoms with Crippen molar-refractivity contribution in [2.75, 3.05) is 5.32 Å². The summed E-state index contributed by atoms with van der Waals surface area (Å²) in [5.74, 6) is 0.925. The predicted molar refractivity (Wildman–Crippen MR) is 109 cm³/mol. The van der Waals surface area contributed by atoms with E-state index in [9.17, 15) is 0 Å². The number of nitrogens with zero attached hydrogens (tertiary/aromatic N) is 3. The quantitative estimate of drug-likeness (QED) is 0.486. The van der Waals surface area contributed by atoms with Crippen LogP contribution in [0.25, 0.3) is 28.0 Å². The Morgan fingerprint density at radius 3 is 2.37 bits per heavy atom. The molecule has 0 atom stereocenters. The fourth-order valence-corrected chi connectivity index (χ4v) is 3.23. The van der Waals surface area contributed by atoms with Gasteiger partial charge in [0.2, 0.25) is 0 Å². The lowest BCUT2D eigenvalue weighted by Crippen LogP contribution is -2.27. The summed E-state index contributed by atoms with van der Waals surface area (Å²) >= 11 is 6.22. The van der Waals surface area contributed by atoms with Crippen LogP contribution in [0.15, 0.2) is 53.4 Å². The Hall–Kier alpha value is -2.79. The fourth-order valence-electron chi connectivity index (χ4n) is 3.07. The topological polar surface area (TPSA) is 55.4 Å². The van der Waals surface area contributed by atoms with Crippen molar-refractivity contribution in [3.63, 3.8) is 0 Å². The molecule has 0 aliphatic rings. The lowest BCUT2D eigenvalue weighted by atomic mass is 10.0. The van der Waals surface area contributed by atoms with Gasteiger partial charge < -0.3 is 9.84 Å². The van der Waals surface area contributed by atoms with Gasteiger partial charge in [0.25, 0.3) is 0 Å². The van der Waals surface area contributed by atoms with Crippen LogP contribution in [0.2, 0.25) is 5.02 Å². The highest BCUT2D eigenvalue weighted by Gasteiger charge is 2.19. The summed E-state index contributed by atoms with van der Waals surface area (Å²) in [6.45, 7) is 8.31. The summed E-state index contributed by atoms with van der Waals surface area (Å²) in [4.78, 5) is 4.83. The zero-order chi connectivity index (χ0) is 19.2. The second-order valence-corrected chi connectivity index (χ2v) is 8.09.